The minimum Gasteiger partial charge on any atom is -0.356 e. The third-order valence-electron chi connectivity index (χ3n) is 4.36. The van der Waals surface area contributed by atoms with Gasteiger partial charge in [0.1, 0.15) is 0 Å². The third kappa shape index (κ3) is 6.81. The van der Waals surface area contributed by atoms with Gasteiger partial charge in [-0.1, -0.05) is 55.8 Å². The highest BCUT2D eigenvalue weighted by Gasteiger charge is 2.18. The smallest absolute Gasteiger partial charge is 0.241 e. The first-order valence-corrected chi connectivity index (χ1v) is 10.8. The number of hydrogen-bond donors (Lipinski definition) is 2. The molecule has 146 valence electrons. The number of carbonyl (C=O) groups is 1. The Labute approximate surface area is 162 Å². The maximum atomic E-state index is 12.6. The maximum absolute atomic E-state index is 12.6. The Morgan fingerprint density at radius 3 is 2.33 bits per heavy atom. The van der Waals surface area contributed by atoms with E-state index in [1.54, 1.807) is 24.3 Å². The van der Waals surface area contributed by atoms with Gasteiger partial charge in [0.05, 0.1) is 4.90 Å². The van der Waals surface area contributed by atoms with Crippen LogP contribution in [0.4, 0.5) is 0 Å². The molecule has 27 heavy (non-hydrogen) atoms. The molecule has 0 bridgehead atoms. The molecule has 1 atom stereocenters. The number of nitrogens with one attached hydrogen (secondary N) is 2. The van der Waals surface area contributed by atoms with Crippen molar-refractivity contribution in [2.75, 3.05) is 6.54 Å². The molecule has 2 rings (SSSR count). The largest absolute Gasteiger partial charge is 0.356 e. The van der Waals surface area contributed by atoms with E-state index in [0.29, 0.717) is 19.4 Å². The number of carbonyl (C=O) groups excluding carboxylic acids is 1. The Kier molecular flexibility index (Phi) is 8.00. The maximum Gasteiger partial charge on any atom is 0.241 e. The van der Waals surface area contributed by atoms with E-state index in [9.17, 15) is 13.2 Å². The van der Waals surface area contributed by atoms with Gasteiger partial charge in [0.2, 0.25) is 15.9 Å². The van der Waals surface area contributed by atoms with Crippen molar-refractivity contribution >= 4 is 15.9 Å². The summed E-state index contributed by atoms with van der Waals surface area (Å²) in [6.45, 7) is 4.60. The van der Waals surface area contributed by atoms with Gasteiger partial charge in [-0.05, 0) is 43.0 Å². The van der Waals surface area contributed by atoms with E-state index in [-0.39, 0.29) is 16.8 Å². The zero-order chi connectivity index (χ0) is 19.7. The topological polar surface area (TPSA) is 75.3 Å². The summed E-state index contributed by atoms with van der Waals surface area (Å²) in [6, 6.07) is 15.8. The van der Waals surface area contributed by atoms with Crippen LogP contribution >= 0.6 is 0 Å². The van der Waals surface area contributed by atoms with Gasteiger partial charge in [0, 0.05) is 19.0 Å². The molecule has 0 unspecified atom stereocenters. The summed E-state index contributed by atoms with van der Waals surface area (Å²) in [6.07, 6.45) is 3.02. The van der Waals surface area contributed by atoms with Crippen molar-refractivity contribution in [2.24, 2.45) is 0 Å². The molecule has 2 aromatic carbocycles. The van der Waals surface area contributed by atoms with Crippen molar-refractivity contribution in [2.45, 2.75) is 50.5 Å². The molecule has 0 aromatic heterocycles. The lowest BCUT2D eigenvalue weighted by atomic mass is 10.1. The standard InChI is InChI=1S/C21H28N2O3S/c1-3-4-16-22-21(24)15-12-18-10-13-20(14-11-18)27(25,26)23-17(2)19-8-6-5-7-9-19/h5-11,13-14,17,23H,3-4,12,15-16H2,1-2H3,(H,22,24)/t17-/m0/s1. The van der Waals surface area contributed by atoms with Gasteiger partial charge in [-0.25, -0.2) is 13.1 Å². The molecule has 0 saturated carbocycles. The van der Waals surface area contributed by atoms with Gasteiger partial charge in [0.25, 0.3) is 0 Å². The van der Waals surface area contributed by atoms with Crippen LogP contribution in [0.5, 0.6) is 0 Å². The van der Waals surface area contributed by atoms with Crippen LogP contribution in [0, 0.1) is 0 Å². The highest BCUT2D eigenvalue weighted by Crippen LogP contribution is 2.17. The number of benzene rings is 2. The monoisotopic (exact) mass is 388 g/mol. The van der Waals surface area contributed by atoms with Crippen molar-refractivity contribution in [3.63, 3.8) is 0 Å². The fraction of sp³-hybridized carbons (Fsp3) is 0.381. The summed E-state index contributed by atoms with van der Waals surface area (Å²) >= 11 is 0. The van der Waals surface area contributed by atoms with Gasteiger partial charge in [-0.2, -0.15) is 0 Å². The number of aryl methyl sites for hydroxylation is 1. The molecule has 6 heteroatoms. The lowest BCUT2D eigenvalue weighted by Gasteiger charge is -2.15. The van der Waals surface area contributed by atoms with Crippen LogP contribution in [0.1, 0.15) is 50.3 Å². The van der Waals surface area contributed by atoms with Crippen LogP contribution in [0.15, 0.2) is 59.5 Å². The fourth-order valence-corrected chi connectivity index (χ4v) is 3.93. The Bertz CT molecular complexity index is 818. The zero-order valence-corrected chi connectivity index (χ0v) is 16.8. The molecule has 0 fully saturated rings. The molecule has 5 nitrogen and oxygen atoms in total. The SMILES string of the molecule is CCCCNC(=O)CCc1ccc(S(=O)(=O)N[C@@H](C)c2ccccc2)cc1. The average Bonchev–Trinajstić information content (AvgIpc) is 2.67. The molecule has 0 radical (unpaired) electrons. The van der Waals surface area contributed by atoms with E-state index in [2.05, 4.69) is 17.0 Å². The summed E-state index contributed by atoms with van der Waals surface area (Å²) in [5.74, 6) is 0.0264. The normalized spacial score (nSPS) is 12.5. The number of hydrogen-bond acceptors (Lipinski definition) is 3. The first-order valence-electron chi connectivity index (χ1n) is 9.35. The lowest BCUT2D eigenvalue weighted by molar-refractivity contribution is -0.121. The summed E-state index contributed by atoms with van der Waals surface area (Å²) in [5, 5.41) is 2.88. The Balaban J connectivity index is 1.92. The Hall–Kier alpha value is -2.18. The van der Waals surface area contributed by atoms with Crippen LogP contribution in [0.2, 0.25) is 0 Å². The van der Waals surface area contributed by atoms with Crippen LogP contribution in [0.3, 0.4) is 0 Å². The van der Waals surface area contributed by atoms with E-state index < -0.39 is 10.0 Å². The summed E-state index contributed by atoms with van der Waals surface area (Å²) in [7, 11) is -3.60. The van der Waals surface area contributed by atoms with Crippen LogP contribution < -0.4 is 10.0 Å². The van der Waals surface area contributed by atoms with Gasteiger partial charge in [-0.3, -0.25) is 4.79 Å². The number of rotatable bonds is 10. The van der Waals surface area contributed by atoms with Crippen LogP contribution in [0.25, 0.3) is 0 Å². The Morgan fingerprint density at radius 1 is 1.04 bits per heavy atom. The molecule has 2 aromatic rings. The first kappa shape index (κ1) is 21.1. The molecule has 0 heterocycles. The van der Waals surface area contributed by atoms with Gasteiger partial charge < -0.3 is 5.32 Å². The van der Waals surface area contributed by atoms with Crippen molar-refractivity contribution in [3.05, 3.63) is 65.7 Å². The highest BCUT2D eigenvalue weighted by molar-refractivity contribution is 7.89. The quantitative estimate of drug-likeness (QED) is 0.611. The van der Waals surface area contributed by atoms with E-state index in [0.717, 1.165) is 24.0 Å². The van der Waals surface area contributed by atoms with Crippen molar-refractivity contribution < 1.29 is 13.2 Å². The molecule has 0 aliphatic rings. The van der Waals surface area contributed by atoms with Gasteiger partial charge >= 0.3 is 0 Å². The van der Waals surface area contributed by atoms with Crippen LogP contribution in [-0.4, -0.2) is 20.9 Å². The van der Waals surface area contributed by atoms with Crippen molar-refractivity contribution in [1.82, 2.24) is 10.0 Å². The van der Waals surface area contributed by atoms with E-state index >= 15 is 0 Å². The molecule has 0 saturated heterocycles. The zero-order valence-electron chi connectivity index (χ0n) is 15.9. The molecular formula is C21H28N2O3S. The van der Waals surface area contributed by atoms with E-state index in [4.69, 9.17) is 0 Å². The van der Waals surface area contributed by atoms with E-state index in [1.165, 1.54) is 0 Å². The van der Waals surface area contributed by atoms with Crippen molar-refractivity contribution in [1.29, 1.82) is 0 Å². The second-order valence-electron chi connectivity index (χ2n) is 6.60. The second-order valence-corrected chi connectivity index (χ2v) is 8.32. The predicted molar refractivity (Wildman–Crippen MR) is 108 cm³/mol. The highest BCUT2D eigenvalue weighted by atomic mass is 32.2. The minimum atomic E-state index is -3.60. The third-order valence-corrected chi connectivity index (χ3v) is 5.92. The Morgan fingerprint density at radius 2 is 1.70 bits per heavy atom. The van der Waals surface area contributed by atoms with Gasteiger partial charge in [0.15, 0.2) is 0 Å². The number of unbranched alkanes of at least 4 members (excludes halogenated alkanes) is 1. The van der Waals surface area contributed by atoms with E-state index in [1.807, 2.05) is 37.3 Å². The van der Waals surface area contributed by atoms with Gasteiger partial charge in [-0.15, -0.1) is 0 Å². The minimum absolute atomic E-state index is 0.0264. The van der Waals surface area contributed by atoms with Crippen molar-refractivity contribution in [3.8, 4) is 0 Å². The summed E-state index contributed by atoms with van der Waals surface area (Å²) in [5.41, 5.74) is 1.85. The van der Waals surface area contributed by atoms with Crippen LogP contribution in [-0.2, 0) is 21.2 Å². The number of amides is 1. The predicted octanol–water partition coefficient (Wildman–Crippen LogP) is 3.58. The lowest BCUT2D eigenvalue weighted by Crippen LogP contribution is -2.26. The first-order chi connectivity index (χ1) is 12.9. The number of sulfonamides is 1. The molecule has 0 aliphatic carbocycles. The summed E-state index contributed by atoms with van der Waals surface area (Å²) < 4.78 is 27.8. The molecular weight excluding hydrogens is 360 g/mol. The molecule has 1 amide bonds. The summed E-state index contributed by atoms with van der Waals surface area (Å²) in [4.78, 5) is 12.0. The molecule has 0 spiro atoms. The molecule has 0 aliphatic heterocycles. The second kappa shape index (κ2) is 10.2. The average molecular weight is 389 g/mol. The molecule has 2 N–H and O–H groups in total. The fourth-order valence-electron chi connectivity index (χ4n) is 2.70.